The summed E-state index contributed by atoms with van der Waals surface area (Å²) in [4.78, 5) is 41.9. The molecule has 0 aliphatic rings. The number of benzene rings is 2. The predicted octanol–water partition coefficient (Wildman–Crippen LogP) is 2.85. The molecule has 32 heavy (non-hydrogen) atoms. The van der Waals surface area contributed by atoms with E-state index < -0.39 is 17.2 Å². The molecule has 0 unspecified atom stereocenters. The van der Waals surface area contributed by atoms with Crippen LogP contribution in [0.25, 0.3) is 0 Å². The summed E-state index contributed by atoms with van der Waals surface area (Å²) in [6, 6.07) is 13.9. The standard InChI is InChI=1S/C22H22Cl2N4O4/c1-32-10-9-27-20(25)19(21(30)26-22(27)31)28(13-14-5-3-2-4-6-14)18(29)11-15-7-8-16(23)12-17(15)24/h2-8,12H,9-11,13,25H2,1H3,(H,26,30,31). The van der Waals surface area contributed by atoms with Gasteiger partial charge in [-0.2, -0.15) is 0 Å². The lowest BCUT2D eigenvalue weighted by molar-refractivity contribution is -0.118. The van der Waals surface area contributed by atoms with E-state index in [-0.39, 0.29) is 37.6 Å². The zero-order valence-electron chi connectivity index (χ0n) is 17.3. The summed E-state index contributed by atoms with van der Waals surface area (Å²) < 4.78 is 6.19. The van der Waals surface area contributed by atoms with Crippen LogP contribution in [0.5, 0.6) is 0 Å². The Morgan fingerprint density at radius 3 is 2.53 bits per heavy atom. The number of rotatable bonds is 8. The van der Waals surface area contributed by atoms with Gasteiger partial charge >= 0.3 is 5.69 Å². The average molecular weight is 477 g/mol. The van der Waals surface area contributed by atoms with Gasteiger partial charge in [-0.3, -0.25) is 24.0 Å². The summed E-state index contributed by atoms with van der Waals surface area (Å²) in [7, 11) is 1.48. The van der Waals surface area contributed by atoms with Crippen LogP contribution in [0, 0.1) is 0 Å². The van der Waals surface area contributed by atoms with Crippen molar-refractivity contribution in [3.63, 3.8) is 0 Å². The average Bonchev–Trinajstić information content (AvgIpc) is 2.75. The van der Waals surface area contributed by atoms with E-state index in [1.54, 1.807) is 18.2 Å². The lowest BCUT2D eigenvalue weighted by Crippen LogP contribution is -2.41. The largest absolute Gasteiger partial charge is 0.383 e. The summed E-state index contributed by atoms with van der Waals surface area (Å²) in [6.07, 6.45) is -0.0983. The van der Waals surface area contributed by atoms with Gasteiger partial charge in [-0.15, -0.1) is 0 Å². The molecule has 3 N–H and O–H groups in total. The smallest absolute Gasteiger partial charge is 0.330 e. The summed E-state index contributed by atoms with van der Waals surface area (Å²) >= 11 is 12.2. The SMILES string of the molecule is COCCn1c(N)c(N(Cc2ccccc2)C(=O)Cc2ccc(Cl)cc2Cl)c(=O)[nH]c1=O. The van der Waals surface area contributed by atoms with Crippen LogP contribution in [0.3, 0.4) is 0 Å². The van der Waals surface area contributed by atoms with Crippen LogP contribution >= 0.6 is 23.2 Å². The molecule has 0 aliphatic carbocycles. The van der Waals surface area contributed by atoms with Crippen LogP contribution in [0.4, 0.5) is 11.5 Å². The number of hydrogen-bond acceptors (Lipinski definition) is 5. The Morgan fingerprint density at radius 1 is 1.16 bits per heavy atom. The molecule has 1 amide bonds. The fourth-order valence-electron chi connectivity index (χ4n) is 3.22. The first-order chi connectivity index (χ1) is 15.3. The van der Waals surface area contributed by atoms with Crippen LogP contribution in [0.2, 0.25) is 10.0 Å². The van der Waals surface area contributed by atoms with Crippen molar-refractivity contribution in [3.8, 4) is 0 Å². The zero-order chi connectivity index (χ0) is 23.3. The lowest BCUT2D eigenvalue weighted by Gasteiger charge is -2.25. The number of methoxy groups -OCH3 is 1. The van der Waals surface area contributed by atoms with Crippen LogP contribution < -0.4 is 21.9 Å². The number of nitrogens with one attached hydrogen (secondary N) is 1. The Morgan fingerprint density at radius 2 is 1.88 bits per heavy atom. The molecule has 0 saturated heterocycles. The minimum absolute atomic E-state index is 0.0701. The first-order valence-corrected chi connectivity index (χ1v) is 10.5. The minimum atomic E-state index is -0.757. The molecule has 10 heteroatoms. The number of anilines is 2. The van der Waals surface area contributed by atoms with E-state index in [4.69, 9.17) is 33.7 Å². The molecule has 168 valence electrons. The number of nitrogen functional groups attached to an aromatic ring is 1. The Hall–Kier alpha value is -3.07. The Bertz CT molecular complexity index is 1220. The van der Waals surface area contributed by atoms with Crippen LogP contribution in [0.15, 0.2) is 58.1 Å². The summed E-state index contributed by atoms with van der Waals surface area (Å²) in [5, 5.41) is 0.774. The van der Waals surface area contributed by atoms with Crippen molar-refractivity contribution in [1.29, 1.82) is 0 Å². The number of H-pyrrole nitrogens is 1. The van der Waals surface area contributed by atoms with Crippen LogP contribution in [-0.2, 0) is 29.0 Å². The maximum Gasteiger partial charge on any atom is 0.330 e. The second-order valence-corrected chi connectivity index (χ2v) is 7.86. The lowest BCUT2D eigenvalue weighted by atomic mass is 10.1. The molecule has 0 saturated carbocycles. The second-order valence-electron chi connectivity index (χ2n) is 7.02. The number of ether oxygens (including phenoxy) is 1. The number of carbonyl (C=O) groups is 1. The third kappa shape index (κ3) is 5.40. The van der Waals surface area contributed by atoms with Gasteiger partial charge in [0.15, 0.2) is 5.69 Å². The molecule has 0 aliphatic heterocycles. The number of halogens is 2. The molecule has 8 nitrogen and oxygen atoms in total. The highest BCUT2D eigenvalue weighted by atomic mass is 35.5. The Labute approximate surface area is 194 Å². The predicted molar refractivity (Wildman–Crippen MR) is 125 cm³/mol. The number of hydrogen-bond donors (Lipinski definition) is 2. The number of aromatic amines is 1. The van der Waals surface area contributed by atoms with Crippen molar-refractivity contribution in [2.45, 2.75) is 19.5 Å². The first kappa shape index (κ1) is 23.6. The van der Waals surface area contributed by atoms with Gasteiger partial charge in [0.25, 0.3) is 5.56 Å². The quantitative estimate of drug-likeness (QED) is 0.519. The third-order valence-corrected chi connectivity index (χ3v) is 5.43. The van der Waals surface area contributed by atoms with Crippen LogP contribution in [-0.4, -0.2) is 29.2 Å². The first-order valence-electron chi connectivity index (χ1n) is 9.71. The maximum absolute atomic E-state index is 13.4. The highest BCUT2D eigenvalue weighted by molar-refractivity contribution is 6.35. The molecular formula is C22H22Cl2N4O4. The van der Waals surface area contributed by atoms with Gasteiger partial charge in [-0.1, -0.05) is 59.6 Å². The molecule has 0 fully saturated rings. The van der Waals surface area contributed by atoms with Gasteiger partial charge in [-0.05, 0) is 23.3 Å². The molecule has 0 radical (unpaired) electrons. The summed E-state index contributed by atoms with van der Waals surface area (Å²) in [5.41, 5.74) is 5.98. The molecule has 1 aromatic heterocycles. The van der Waals surface area contributed by atoms with Crippen molar-refractivity contribution >= 4 is 40.6 Å². The van der Waals surface area contributed by atoms with E-state index in [0.717, 1.165) is 5.56 Å². The molecule has 1 heterocycles. The Balaban J connectivity index is 2.08. The number of carbonyl (C=O) groups excluding carboxylic acids is 1. The van der Waals surface area contributed by atoms with E-state index in [2.05, 4.69) is 4.98 Å². The third-order valence-electron chi connectivity index (χ3n) is 4.84. The normalized spacial score (nSPS) is 10.8. The van der Waals surface area contributed by atoms with Gasteiger partial charge in [0, 0.05) is 17.2 Å². The van der Waals surface area contributed by atoms with E-state index in [1.807, 2.05) is 30.3 Å². The van der Waals surface area contributed by atoms with E-state index >= 15 is 0 Å². The summed E-state index contributed by atoms with van der Waals surface area (Å²) in [5.74, 6) is -0.547. The van der Waals surface area contributed by atoms with Crippen molar-refractivity contribution in [2.24, 2.45) is 0 Å². The molecule has 0 bridgehead atoms. The number of nitrogens with zero attached hydrogens (tertiary/aromatic N) is 2. The van der Waals surface area contributed by atoms with E-state index in [1.165, 1.54) is 16.6 Å². The number of nitrogens with two attached hydrogens (primary N) is 1. The molecule has 0 atom stereocenters. The van der Waals surface area contributed by atoms with Crippen molar-refractivity contribution in [1.82, 2.24) is 9.55 Å². The zero-order valence-corrected chi connectivity index (χ0v) is 18.8. The van der Waals surface area contributed by atoms with Crippen molar-refractivity contribution in [2.75, 3.05) is 24.4 Å². The molecular weight excluding hydrogens is 455 g/mol. The second kappa shape index (κ2) is 10.5. The molecule has 0 spiro atoms. The van der Waals surface area contributed by atoms with Gasteiger partial charge in [0.1, 0.15) is 5.82 Å². The molecule has 3 rings (SSSR count). The Kier molecular flexibility index (Phi) is 7.74. The number of aromatic nitrogens is 2. The van der Waals surface area contributed by atoms with Gasteiger partial charge in [0.2, 0.25) is 5.91 Å². The van der Waals surface area contributed by atoms with Crippen molar-refractivity contribution < 1.29 is 9.53 Å². The topological polar surface area (TPSA) is 110 Å². The fourth-order valence-corrected chi connectivity index (χ4v) is 3.70. The van der Waals surface area contributed by atoms with Gasteiger partial charge in [0.05, 0.1) is 26.1 Å². The summed E-state index contributed by atoms with van der Waals surface area (Å²) in [6.45, 7) is 0.380. The monoisotopic (exact) mass is 476 g/mol. The molecule has 2 aromatic carbocycles. The van der Waals surface area contributed by atoms with Crippen molar-refractivity contribution in [3.05, 3.63) is 90.5 Å². The van der Waals surface area contributed by atoms with Gasteiger partial charge < -0.3 is 10.5 Å². The van der Waals surface area contributed by atoms with E-state index in [0.29, 0.717) is 15.6 Å². The van der Waals surface area contributed by atoms with E-state index in [9.17, 15) is 14.4 Å². The highest BCUT2D eigenvalue weighted by Gasteiger charge is 2.25. The fraction of sp³-hybridized carbons (Fsp3) is 0.227. The minimum Gasteiger partial charge on any atom is -0.383 e. The highest BCUT2D eigenvalue weighted by Crippen LogP contribution is 2.25. The van der Waals surface area contributed by atoms with Gasteiger partial charge in [-0.25, -0.2) is 4.79 Å². The maximum atomic E-state index is 13.4. The number of amides is 1. The molecule has 3 aromatic rings. The van der Waals surface area contributed by atoms with Crippen LogP contribution in [0.1, 0.15) is 11.1 Å².